The van der Waals surface area contributed by atoms with Crippen molar-refractivity contribution in [2.45, 2.75) is 32.2 Å². The zero-order valence-electron chi connectivity index (χ0n) is 47.2. The maximum Gasteiger partial charge on any atom is 0.337 e. The van der Waals surface area contributed by atoms with Crippen LogP contribution in [0.3, 0.4) is 0 Å². The molecule has 0 atom stereocenters. The van der Waals surface area contributed by atoms with Crippen molar-refractivity contribution in [1.82, 2.24) is 35.2 Å². The molecule has 10 heterocycles. The van der Waals surface area contributed by atoms with Crippen molar-refractivity contribution in [3.05, 3.63) is 252 Å². The topological polar surface area (TPSA) is 149 Å². The number of amides is 1. The zero-order chi connectivity index (χ0) is 57.2. The average molecular weight is 1160 g/mol. The summed E-state index contributed by atoms with van der Waals surface area (Å²) in [6, 6.07) is 58.6. The Balaban J connectivity index is 0.00000672. The van der Waals surface area contributed by atoms with Crippen LogP contribution in [0.15, 0.2) is 176 Å². The minimum atomic E-state index is -0.409. The molecular weight excluding hydrogens is 1100 g/mol. The largest absolute Gasteiger partial charge is 0.659 e. The van der Waals surface area contributed by atoms with Crippen molar-refractivity contribution in [2.75, 3.05) is 7.11 Å². The van der Waals surface area contributed by atoms with E-state index in [-0.39, 0.29) is 30.8 Å². The quantitative estimate of drug-likeness (QED) is 0.0594. The van der Waals surface area contributed by atoms with Gasteiger partial charge in [0.15, 0.2) is 0 Å². The standard InChI is InChI=1S/C72H57N9O3.Zn/c1-72(2)41-55-38-64-60(40-65(79-64)68(46-17-21-49(22-18-46)71(83)84-5)61-30-26-53(76-61)37-63-59(44-9-7-6-8-10-44)36-54(77-63)39-67(72)78-55)45-13-11-43(12-14-45)42-73-70(82)48-19-15-47(16-20-48)69-62-31-25-52(75-62)35-57-28-27-56(80(57)3)33-50-23-24-51(74-50)34-58-29-32-66(69)81(58)4;/h6-40H,3-4,41-42H2,1-2,5H3,(H5,73,74,75,76,77,78,79,82,83);/p-2. The van der Waals surface area contributed by atoms with Crippen molar-refractivity contribution in [3.8, 4) is 44.5 Å². The second-order valence-corrected chi connectivity index (χ2v) is 22.1. The number of hydrogen-bond acceptors (Lipinski definition) is 5. The molecular formula is C72H55N9O3Zn-2. The van der Waals surface area contributed by atoms with E-state index in [1.54, 1.807) is 12.1 Å². The minimum absolute atomic E-state index is 0. The van der Waals surface area contributed by atoms with Crippen LogP contribution in [0.1, 0.15) is 85.7 Å². The Morgan fingerprint density at radius 2 is 1.20 bits per heavy atom. The molecule has 4 aliphatic rings. The number of hydrogen-bond donors (Lipinski definition) is 3. The maximum absolute atomic E-state index is 13.9. The fourth-order valence-corrected chi connectivity index (χ4v) is 11.6. The van der Waals surface area contributed by atoms with E-state index in [4.69, 9.17) is 24.7 Å². The molecule has 0 unspecified atom stereocenters. The Morgan fingerprint density at radius 3 is 1.92 bits per heavy atom. The fourth-order valence-electron chi connectivity index (χ4n) is 11.6. The van der Waals surface area contributed by atoms with Gasteiger partial charge in [0.1, 0.15) is 22.8 Å². The van der Waals surface area contributed by atoms with E-state index in [1.165, 1.54) is 7.11 Å². The molecule has 0 spiro atoms. The minimum Gasteiger partial charge on any atom is -0.659 e. The Morgan fingerprint density at radius 1 is 0.588 bits per heavy atom. The van der Waals surface area contributed by atoms with E-state index in [9.17, 15) is 9.59 Å². The summed E-state index contributed by atoms with van der Waals surface area (Å²) in [6.45, 7) is 4.79. The third-order valence-corrected chi connectivity index (χ3v) is 16.0. The van der Waals surface area contributed by atoms with Gasteiger partial charge >= 0.3 is 5.97 Å². The van der Waals surface area contributed by atoms with Gasteiger partial charge in [0, 0.05) is 108 Å². The van der Waals surface area contributed by atoms with Gasteiger partial charge in [-0.25, -0.2) is 9.78 Å². The van der Waals surface area contributed by atoms with Crippen molar-refractivity contribution in [3.63, 3.8) is 0 Å². The predicted molar refractivity (Wildman–Crippen MR) is 334 cm³/mol. The molecule has 0 saturated carbocycles. The van der Waals surface area contributed by atoms with Gasteiger partial charge in [-0.1, -0.05) is 159 Å². The van der Waals surface area contributed by atoms with E-state index >= 15 is 0 Å². The molecule has 6 aromatic heterocycles. The zero-order valence-corrected chi connectivity index (χ0v) is 50.1. The van der Waals surface area contributed by atoms with Gasteiger partial charge < -0.3 is 39.1 Å². The molecule has 0 aliphatic carbocycles. The number of carbonyl (C=O) groups is 2. The molecule has 1 amide bonds. The summed E-state index contributed by atoms with van der Waals surface area (Å²) in [5, 5.41) is 3.16. The van der Waals surface area contributed by atoms with E-state index < -0.39 is 5.97 Å². The van der Waals surface area contributed by atoms with E-state index in [2.05, 4.69) is 122 Å². The molecule has 4 aromatic carbocycles. The summed E-state index contributed by atoms with van der Waals surface area (Å²) < 4.78 is 8.85. The van der Waals surface area contributed by atoms with Crippen LogP contribution in [0, 0.1) is 14.1 Å². The van der Waals surface area contributed by atoms with Crippen LogP contribution in [0.25, 0.3) is 125 Å². The van der Waals surface area contributed by atoms with Crippen LogP contribution in [0.5, 0.6) is 0 Å². The van der Waals surface area contributed by atoms with E-state index in [0.29, 0.717) is 17.7 Å². The van der Waals surface area contributed by atoms with Gasteiger partial charge in [0.05, 0.1) is 24.1 Å². The molecule has 16 bridgehead atoms. The van der Waals surface area contributed by atoms with Gasteiger partial charge in [-0.05, 0) is 100 Å². The number of aromatic amines is 2. The first-order valence-electron chi connectivity index (χ1n) is 27.8. The Labute approximate surface area is 503 Å². The van der Waals surface area contributed by atoms with Gasteiger partial charge in [-0.2, -0.15) is 0 Å². The number of ether oxygens (including phenoxy) is 1. The summed E-state index contributed by atoms with van der Waals surface area (Å²) in [6.07, 6.45) is 12.9. The predicted octanol–water partition coefficient (Wildman–Crippen LogP) is 13.7. The number of nitrogens with zero attached hydrogens (tertiary/aromatic N) is 6. The monoisotopic (exact) mass is 1160 g/mol. The van der Waals surface area contributed by atoms with E-state index in [0.717, 1.165) is 146 Å². The summed E-state index contributed by atoms with van der Waals surface area (Å²) >= 11 is 0. The van der Waals surface area contributed by atoms with Crippen molar-refractivity contribution in [2.24, 2.45) is 0 Å². The number of carbonyl (C=O) groups excluding carboxylic acids is 2. The molecule has 12 nitrogen and oxygen atoms in total. The van der Waals surface area contributed by atoms with Crippen molar-refractivity contribution >= 4 is 92.5 Å². The number of benzene rings is 4. The Hall–Kier alpha value is -10.4. The molecule has 3 N–H and O–H groups in total. The van der Waals surface area contributed by atoms with Gasteiger partial charge in [0.2, 0.25) is 0 Å². The van der Waals surface area contributed by atoms with Crippen LogP contribution in [-0.4, -0.2) is 38.9 Å². The average Bonchev–Trinajstić information content (AvgIpc) is 3.17. The molecule has 10 aromatic rings. The van der Waals surface area contributed by atoms with Crippen molar-refractivity contribution < 1.29 is 42.9 Å². The molecule has 0 saturated heterocycles. The first kappa shape index (κ1) is 53.9. The van der Waals surface area contributed by atoms with Crippen LogP contribution in [0.4, 0.5) is 0 Å². The molecule has 4 aliphatic heterocycles. The smallest absolute Gasteiger partial charge is 0.337 e. The Bertz CT molecular complexity index is 4810. The molecule has 0 fully saturated rings. The molecule has 14 rings (SSSR count). The molecule has 410 valence electrons. The van der Waals surface area contributed by atoms with Crippen molar-refractivity contribution in [1.29, 1.82) is 0 Å². The van der Waals surface area contributed by atoms with Crippen LogP contribution >= 0.6 is 0 Å². The number of methoxy groups -OCH3 is 1. The van der Waals surface area contributed by atoms with Gasteiger partial charge in [0.25, 0.3) is 5.91 Å². The second kappa shape index (κ2) is 21.8. The molecule has 85 heavy (non-hydrogen) atoms. The third kappa shape index (κ3) is 10.4. The second-order valence-electron chi connectivity index (χ2n) is 22.1. The van der Waals surface area contributed by atoms with Crippen LogP contribution < -0.4 is 24.4 Å². The summed E-state index contributed by atoms with van der Waals surface area (Å²) in [4.78, 5) is 54.6. The Kier molecular flexibility index (Phi) is 13.8. The van der Waals surface area contributed by atoms with Gasteiger partial charge in [-0.3, -0.25) is 9.78 Å². The normalized spacial score (nSPS) is 12.9. The number of nitrogens with one attached hydrogen (secondary N) is 3. The summed E-state index contributed by atoms with van der Waals surface area (Å²) in [7, 11) is 10.1. The number of H-pyrrole nitrogens is 2. The molecule has 13 heteroatoms. The number of esters is 1. The number of rotatable bonds is 8. The fraction of sp³-hybridized carbons (Fsp3) is 0.0833. The first-order chi connectivity index (χ1) is 40.9. The van der Waals surface area contributed by atoms with Crippen LogP contribution in [0.2, 0.25) is 0 Å². The summed E-state index contributed by atoms with van der Waals surface area (Å²) in [5.41, 5.74) is 23.2. The third-order valence-electron chi connectivity index (χ3n) is 16.0. The SMILES string of the molecule is [CH2-][n+]1c2cc3ccc(cc4[n+]([CH2-])c(c(-c5ccc(C(=O)NCc6ccc(-c7cc8[nH]c7cc7nc(cc9cc(-c%10ccccc%10)c(cc%10nc(c8-c8ccc(C(=O)OC)cc8)C=C%10)[nH]9)C(C)(C)C7)cc6)cc5)c5ccc(cc1C=C2)[n-]5)C=C4)[n-]3.[Zn]. The maximum atomic E-state index is 13.9. The van der Waals surface area contributed by atoms with E-state index in [1.807, 2.05) is 131 Å². The summed E-state index contributed by atoms with van der Waals surface area (Å²) in [5.74, 6) is -0.606. The van der Waals surface area contributed by atoms with Gasteiger partial charge in [-0.15, -0.1) is 22.1 Å². The number of fused-ring (bicyclic) bond motifs is 16. The van der Waals surface area contributed by atoms with Crippen LogP contribution in [-0.2, 0) is 42.6 Å². The first-order valence-corrected chi connectivity index (χ1v) is 27.8. The molecule has 0 radical (unpaired) electrons. The number of aromatic nitrogens is 8.